The van der Waals surface area contributed by atoms with E-state index in [1.165, 1.54) is 17.1 Å². The molecule has 19 heavy (non-hydrogen) atoms. The van der Waals surface area contributed by atoms with Gasteiger partial charge in [0.05, 0.1) is 0 Å². The molecule has 0 aliphatic carbocycles. The minimum absolute atomic E-state index is 0.445. The molecule has 0 aliphatic heterocycles. The second-order valence-electron chi connectivity index (χ2n) is 4.43. The molecule has 1 aromatic carbocycles. The molecule has 0 radical (unpaired) electrons. The monoisotopic (exact) mass is 277 g/mol. The molecule has 1 atom stereocenters. The average Bonchev–Trinajstić information content (AvgIpc) is 2.92. The topological polar surface area (TPSA) is 47.0 Å². The smallest absolute Gasteiger partial charge is 0.136 e. The van der Waals surface area contributed by atoms with Gasteiger partial charge in [-0.2, -0.15) is 0 Å². The first-order chi connectivity index (χ1) is 9.26. The zero-order valence-corrected chi connectivity index (χ0v) is 12.3. The lowest BCUT2D eigenvalue weighted by atomic mass is 9.98. The molecule has 2 rings (SSSR count). The fourth-order valence-corrected chi connectivity index (χ4v) is 2.40. The van der Waals surface area contributed by atoms with E-state index < -0.39 is 0 Å². The predicted octanol–water partition coefficient (Wildman–Crippen LogP) is 3.67. The number of benzene rings is 1. The maximum absolute atomic E-state index is 5.91. The van der Waals surface area contributed by atoms with Crippen LogP contribution in [0.15, 0.2) is 24.3 Å². The fraction of sp³-hybridized carbons (Fsp3) is 0.429. The molecule has 5 heteroatoms. The summed E-state index contributed by atoms with van der Waals surface area (Å²) in [6, 6.07) is 8.19. The van der Waals surface area contributed by atoms with Crippen molar-refractivity contribution in [2.45, 2.75) is 32.8 Å². The van der Waals surface area contributed by atoms with Gasteiger partial charge in [-0.1, -0.05) is 36.5 Å². The summed E-state index contributed by atoms with van der Waals surface area (Å²) >= 11 is 1.35. The van der Waals surface area contributed by atoms with E-state index in [-0.39, 0.29) is 0 Å². The second-order valence-corrected chi connectivity index (χ2v) is 5.19. The van der Waals surface area contributed by atoms with Crippen LogP contribution in [0.3, 0.4) is 0 Å². The summed E-state index contributed by atoms with van der Waals surface area (Å²) < 4.78 is 9.84. The number of aromatic nitrogens is 2. The summed E-state index contributed by atoms with van der Waals surface area (Å²) in [5.74, 6) is 1.43. The van der Waals surface area contributed by atoms with Crippen molar-refractivity contribution < 1.29 is 4.74 Å². The highest BCUT2D eigenvalue weighted by Gasteiger charge is 2.12. The molecule has 1 N–H and O–H groups in total. The largest absolute Gasteiger partial charge is 0.487 e. The van der Waals surface area contributed by atoms with Crippen LogP contribution in [-0.4, -0.2) is 16.6 Å². The van der Waals surface area contributed by atoms with Crippen molar-refractivity contribution in [3.05, 3.63) is 35.5 Å². The number of anilines is 1. The van der Waals surface area contributed by atoms with Crippen LogP contribution in [0.4, 0.5) is 5.00 Å². The molecule has 0 aliphatic rings. The first-order valence-electron chi connectivity index (χ1n) is 6.47. The van der Waals surface area contributed by atoms with E-state index >= 15 is 0 Å². The number of para-hydroxylation sites is 1. The third kappa shape index (κ3) is 3.23. The maximum atomic E-state index is 5.91. The molecule has 0 saturated heterocycles. The highest BCUT2D eigenvalue weighted by molar-refractivity contribution is 7.10. The van der Waals surface area contributed by atoms with Crippen LogP contribution in [0.2, 0.25) is 0 Å². The predicted molar refractivity (Wildman–Crippen MR) is 78.9 cm³/mol. The van der Waals surface area contributed by atoms with Crippen LogP contribution >= 0.6 is 11.5 Å². The van der Waals surface area contributed by atoms with Crippen molar-refractivity contribution in [1.82, 2.24) is 9.59 Å². The van der Waals surface area contributed by atoms with Gasteiger partial charge in [-0.15, -0.1) is 5.10 Å². The first-order valence-corrected chi connectivity index (χ1v) is 7.24. The van der Waals surface area contributed by atoms with E-state index in [0.717, 1.165) is 22.9 Å². The summed E-state index contributed by atoms with van der Waals surface area (Å²) in [5.41, 5.74) is 2.10. The Kier molecular flexibility index (Phi) is 4.74. The summed E-state index contributed by atoms with van der Waals surface area (Å²) in [6.45, 7) is 4.84. The lowest BCUT2D eigenvalue weighted by molar-refractivity contribution is 0.297. The Morgan fingerprint density at radius 1 is 1.37 bits per heavy atom. The van der Waals surface area contributed by atoms with Gasteiger partial charge in [-0.3, -0.25) is 0 Å². The average molecular weight is 277 g/mol. The SMILES string of the molecule is CCC(C)c1ccccc1OCc1nnsc1NC. The zero-order chi connectivity index (χ0) is 13.7. The number of hydrogen-bond acceptors (Lipinski definition) is 5. The van der Waals surface area contributed by atoms with Crippen molar-refractivity contribution in [2.24, 2.45) is 0 Å². The van der Waals surface area contributed by atoms with E-state index in [4.69, 9.17) is 4.74 Å². The molecule has 102 valence electrons. The van der Waals surface area contributed by atoms with E-state index in [1.807, 2.05) is 19.2 Å². The Bertz CT molecular complexity index is 527. The zero-order valence-electron chi connectivity index (χ0n) is 11.5. The van der Waals surface area contributed by atoms with Crippen LogP contribution in [0.25, 0.3) is 0 Å². The molecule has 0 spiro atoms. The Labute approximate surface area is 118 Å². The molecule has 1 heterocycles. The lowest BCUT2D eigenvalue weighted by Crippen LogP contribution is -2.03. The van der Waals surface area contributed by atoms with E-state index in [9.17, 15) is 0 Å². The molecular weight excluding hydrogens is 258 g/mol. The summed E-state index contributed by atoms with van der Waals surface area (Å²) in [6.07, 6.45) is 1.10. The fourth-order valence-electron chi connectivity index (χ4n) is 1.88. The minimum Gasteiger partial charge on any atom is -0.487 e. The highest BCUT2D eigenvalue weighted by atomic mass is 32.1. The van der Waals surface area contributed by atoms with Gasteiger partial charge in [0.1, 0.15) is 23.1 Å². The number of ether oxygens (including phenoxy) is 1. The molecule has 4 nitrogen and oxygen atoms in total. The summed E-state index contributed by atoms with van der Waals surface area (Å²) in [5, 5.41) is 8.11. The van der Waals surface area contributed by atoms with Gasteiger partial charge in [0, 0.05) is 18.6 Å². The van der Waals surface area contributed by atoms with Gasteiger partial charge in [-0.05, 0) is 24.0 Å². The normalized spacial score (nSPS) is 12.2. The third-order valence-electron chi connectivity index (χ3n) is 3.21. The first kappa shape index (κ1) is 13.8. The van der Waals surface area contributed by atoms with Crippen molar-refractivity contribution in [3.63, 3.8) is 0 Å². The van der Waals surface area contributed by atoms with Crippen LogP contribution in [0, 0.1) is 0 Å². The van der Waals surface area contributed by atoms with Crippen LogP contribution in [0.1, 0.15) is 37.4 Å². The number of rotatable bonds is 6. The quantitative estimate of drug-likeness (QED) is 0.875. The van der Waals surface area contributed by atoms with Gasteiger partial charge in [0.15, 0.2) is 0 Å². The van der Waals surface area contributed by atoms with Gasteiger partial charge >= 0.3 is 0 Å². The van der Waals surface area contributed by atoms with Crippen molar-refractivity contribution in [2.75, 3.05) is 12.4 Å². The van der Waals surface area contributed by atoms with Crippen LogP contribution in [0.5, 0.6) is 5.75 Å². The standard InChI is InChI=1S/C14H19N3OS/c1-4-10(2)11-7-5-6-8-13(11)18-9-12-14(15-3)19-17-16-12/h5-8,10,15H,4,9H2,1-3H3. The van der Waals surface area contributed by atoms with Crippen molar-refractivity contribution >= 4 is 16.5 Å². The minimum atomic E-state index is 0.445. The molecule has 0 fully saturated rings. The number of hydrogen-bond donors (Lipinski definition) is 1. The Balaban J connectivity index is 2.11. The van der Waals surface area contributed by atoms with Crippen LogP contribution < -0.4 is 10.1 Å². The Morgan fingerprint density at radius 2 is 2.16 bits per heavy atom. The lowest BCUT2D eigenvalue weighted by Gasteiger charge is -2.15. The van der Waals surface area contributed by atoms with Gasteiger partial charge in [-0.25, -0.2) is 0 Å². The van der Waals surface area contributed by atoms with Gasteiger partial charge in [0.25, 0.3) is 0 Å². The molecule has 0 saturated carbocycles. The highest BCUT2D eigenvalue weighted by Crippen LogP contribution is 2.29. The third-order valence-corrected chi connectivity index (χ3v) is 4.00. The van der Waals surface area contributed by atoms with Gasteiger partial charge in [0.2, 0.25) is 0 Å². The molecule has 1 unspecified atom stereocenters. The van der Waals surface area contributed by atoms with Crippen LogP contribution in [-0.2, 0) is 6.61 Å². The Hall–Kier alpha value is -1.62. The van der Waals surface area contributed by atoms with E-state index in [2.05, 4.69) is 40.9 Å². The maximum Gasteiger partial charge on any atom is 0.136 e. The second kappa shape index (κ2) is 6.52. The summed E-state index contributed by atoms with van der Waals surface area (Å²) in [4.78, 5) is 0. The number of nitrogens with zero attached hydrogens (tertiary/aromatic N) is 2. The van der Waals surface area contributed by atoms with E-state index in [0.29, 0.717) is 12.5 Å². The molecule has 1 aromatic heterocycles. The van der Waals surface area contributed by atoms with Gasteiger partial charge < -0.3 is 10.1 Å². The molecular formula is C14H19N3OS. The summed E-state index contributed by atoms with van der Waals surface area (Å²) in [7, 11) is 1.87. The van der Waals surface area contributed by atoms with Crippen molar-refractivity contribution in [1.29, 1.82) is 0 Å². The Morgan fingerprint density at radius 3 is 2.89 bits per heavy atom. The van der Waals surface area contributed by atoms with E-state index in [1.54, 1.807) is 0 Å². The molecule has 2 aromatic rings. The molecule has 0 bridgehead atoms. The number of nitrogens with one attached hydrogen (secondary N) is 1. The molecule has 0 amide bonds. The van der Waals surface area contributed by atoms with Crippen molar-refractivity contribution in [3.8, 4) is 5.75 Å².